The number of carboxylic acid groups (broad SMARTS) is 1. The molecule has 4 N–H and O–H groups in total. The molecule has 0 fully saturated rings. The van der Waals surface area contributed by atoms with Gasteiger partial charge in [0.05, 0.1) is 12.2 Å². The van der Waals surface area contributed by atoms with E-state index in [1.54, 1.807) is 20.8 Å². The van der Waals surface area contributed by atoms with Crippen molar-refractivity contribution in [2.45, 2.75) is 38.8 Å². The van der Waals surface area contributed by atoms with Crippen molar-refractivity contribution >= 4 is 55.3 Å². The molecule has 1 aromatic rings. The molecule has 0 spiro atoms. The summed E-state index contributed by atoms with van der Waals surface area (Å²) in [5.74, 6) is -2.22. The number of ether oxygens (including phenoxy) is 1. The van der Waals surface area contributed by atoms with Crippen molar-refractivity contribution in [2.24, 2.45) is 0 Å². The monoisotopic (exact) mass is 478 g/mol. The van der Waals surface area contributed by atoms with E-state index < -0.39 is 29.4 Å². The first-order chi connectivity index (χ1) is 11.4. The van der Waals surface area contributed by atoms with Gasteiger partial charge in [0.15, 0.2) is 5.78 Å². The van der Waals surface area contributed by atoms with Crippen LogP contribution in [0.25, 0.3) is 0 Å². The van der Waals surface area contributed by atoms with Crippen LogP contribution in [0.15, 0.2) is 21.1 Å². The lowest BCUT2D eigenvalue weighted by molar-refractivity contribution is -0.154. The number of ketones is 1. The highest BCUT2D eigenvalue weighted by Crippen LogP contribution is 2.30. The lowest BCUT2D eigenvalue weighted by atomic mass is 10.0. The van der Waals surface area contributed by atoms with E-state index in [4.69, 9.17) is 10.5 Å². The van der Waals surface area contributed by atoms with Gasteiger partial charge in [-0.2, -0.15) is 0 Å². The number of rotatable bonds is 7. The van der Waals surface area contributed by atoms with Crippen LogP contribution < -0.4 is 11.1 Å². The summed E-state index contributed by atoms with van der Waals surface area (Å²) in [5, 5.41) is 11.8. The summed E-state index contributed by atoms with van der Waals surface area (Å²) < 4.78 is 6.15. The first-order valence-corrected chi connectivity index (χ1v) is 8.95. The molecular weight excluding hydrogens is 460 g/mol. The van der Waals surface area contributed by atoms with Crippen LogP contribution in [-0.2, 0) is 14.3 Å². The summed E-state index contributed by atoms with van der Waals surface area (Å²) in [6.45, 7) is 4.82. The minimum absolute atomic E-state index is 0.304. The van der Waals surface area contributed by atoms with Crippen molar-refractivity contribution in [3.05, 3.63) is 26.6 Å². The Balaban J connectivity index is 2.77. The number of carbonyl (C=O) groups excluding carboxylic acids is 2. The van der Waals surface area contributed by atoms with Gasteiger partial charge in [0.25, 0.3) is 0 Å². The Labute approximate surface area is 162 Å². The van der Waals surface area contributed by atoms with E-state index in [2.05, 4.69) is 37.2 Å². The third-order valence-corrected chi connectivity index (χ3v) is 4.31. The predicted molar refractivity (Wildman–Crippen MR) is 100 cm³/mol. The van der Waals surface area contributed by atoms with Gasteiger partial charge in [0, 0.05) is 20.9 Å². The lowest BCUT2D eigenvalue weighted by Crippen LogP contribution is -2.42. The fraction of sp³-hybridized carbons (Fsp3) is 0.438. The summed E-state index contributed by atoms with van der Waals surface area (Å²) in [5.41, 5.74) is 5.84. The molecule has 0 saturated carbocycles. The maximum atomic E-state index is 12.3. The zero-order chi connectivity index (χ0) is 19.4. The molecule has 0 aliphatic heterocycles. The zero-order valence-electron chi connectivity index (χ0n) is 14.1. The number of nitrogens with two attached hydrogens (primary N) is 1. The second-order valence-electron chi connectivity index (χ2n) is 6.34. The van der Waals surface area contributed by atoms with Crippen molar-refractivity contribution in [1.82, 2.24) is 5.32 Å². The fourth-order valence-corrected chi connectivity index (χ4v) is 3.07. The van der Waals surface area contributed by atoms with Crippen molar-refractivity contribution in [3.8, 4) is 0 Å². The molecule has 1 rings (SSSR count). The molecule has 0 bridgehead atoms. The van der Waals surface area contributed by atoms with Crippen molar-refractivity contribution in [1.29, 1.82) is 0 Å². The predicted octanol–water partition coefficient (Wildman–Crippen LogP) is 2.75. The molecule has 0 radical (unpaired) electrons. The molecule has 0 amide bonds. The molecule has 7 nitrogen and oxygen atoms in total. The largest absolute Gasteiger partial charge is 0.480 e. The van der Waals surface area contributed by atoms with Crippen LogP contribution in [0, 0.1) is 0 Å². The number of aliphatic carboxylic acids is 1. The number of nitrogens with one attached hydrogen (secondary N) is 1. The number of anilines is 1. The highest BCUT2D eigenvalue weighted by molar-refractivity contribution is 9.11. The van der Waals surface area contributed by atoms with Gasteiger partial charge in [0.1, 0.15) is 11.6 Å². The van der Waals surface area contributed by atoms with E-state index in [9.17, 15) is 19.5 Å². The average Bonchev–Trinajstić information content (AvgIpc) is 2.46. The van der Waals surface area contributed by atoms with Gasteiger partial charge >= 0.3 is 11.9 Å². The summed E-state index contributed by atoms with van der Waals surface area (Å²) >= 11 is 6.48. The van der Waals surface area contributed by atoms with Crippen molar-refractivity contribution < 1.29 is 24.2 Å². The first kappa shape index (κ1) is 21.6. The number of hydrogen-bond acceptors (Lipinski definition) is 6. The number of carbonyl (C=O) groups is 3. The average molecular weight is 480 g/mol. The zero-order valence-corrected chi connectivity index (χ0v) is 17.2. The van der Waals surface area contributed by atoms with Crippen LogP contribution in [0.3, 0.4) is 0 Å². The van der Waals surface area contributed by atoms with Crippen molar-refractivity contribution in [2.75, 3.05) is 12.3 Å². The summed E-state index contributed by atoms with van der Waals surface area (Å²) in [6, 6.07) is 1.83. The molecule has 0 heterocycles. The van der Waals surface area contributed by atoms with Gasteiger partial charge in [0.2, 0.25) is 0 Å². The number of halogens is 2. The summed E-state index contributed by atoms with van der Waals surface area (Å²) in [7, 11) is 0. The number of carboxylic acids is 1. The summed E-state index contributed by atoms with van der Waals surface area (Å²) in [4.78, 5) is 35.4. The quantitative estimate of drug-likeness (QED) is 0.312. The smallest absolute Gasteiger partial charge is 0.321 e. The van der Waals surface area contributed by atoms with Gasteiger partial charge in [-0.25, -0.2) is 0 Å². The normalized spacial score (nSPS) is 12.5. The van der Waals surface area contributed by atoms with E-state index in [0.29, 0.717) is 20.2 Å². The summed E-state index contributed by atoms with van der Waals surface area (Å²) in [6.07, 6.45) is -0.319. The highest BCUT2D eigenvalue weighted by Gasteiger charge is 2.24. The second kappa shape index (κ2) is 8.77. The maximum Gasteiger partial charge on any atom is 0.321 e. The molecule has 9 heteroatoms. The van der Waals surface area contributed by atoms with Crippen LogP contribution in [0.5, 0.6) is 0 Å². The molecule has 1 aromatic carbocycles. The SMILES string of the molecule is CC(C)(C)OC(=O)CN[C@@H](CC(=O)c1cc(Br)c(N)c(Br)c1)C(=O)O. The van der Waals surface area contributed by atoms with Gasteiger partial charge < -0.3 is 15.6 Å². The second-order valence-corrected chi connectivity index (χ2v) is 8.05. The number of nitrogen functional groups attached to an aromatic ring is 1. The van der Waals surface area contributed by atoms with Gasteiger partial charge in [-0.3, -0.25) is 19.7 Å². The van der Waals surface area contributed by atoms with Crippen LogP contribution in [-0.4, -0.2) is 41.0 Å². The maximum absolute atomic E-state index is 12.3. The molecule has 138 valence electrons. The minimum atomic E-state index is -1.23. The molecule has 25 heavy (non-hydrogen) atoms. The lowest BCUT2D eigenvalue weighted by Gasteiger charge is -2.20. The van der Waals surface area contributed by atoms with Gasteiger partial charge in [-0.05, 0) is 64.8 Å². The first-order valence-electron chi connectivity index (χ1n) is 7.36. The Hall–Kier alpha value is -1.45. The molecule has 0 unspecified atom stereocenters. The number of Topliss-reactive ketones (excluding diaryl/α,β-unsaturated/α-hetero) is 1. The molecule has 0 saturated heterocycles. The Morgan fingerprint density at radius 2 is 1.76 bits per heavy atom. The highest BCUT2D eigenvalue weighted by atomic mass is 79.9. The number of benzene rings is 1. The molecule has 0 aromatic heterocycles. The Kier molecular flexibility index (Phi) is 7.58. The van der Waals surface area contributed by atoms with E-state index >= 15 is 0 Å². The van der Waals surface area contributed by atoms with E-state index in [1.807, 2.05) is 0 Å². The van der Waals surface area contributed by atoms with E-state index in [0.717, 1.165) is 0 Å². The van der Waals surface area contributed by atoms with Crippen LogP contribution >= 0.6 is 31.9 Å². The van der Waals surface area contributed by atoms with Crippen molar-refractivity contribution in [3.63, 3.8) is 0 Å². The Morgan fingerprint density at radius 3 is 2.20 bits per heavy atom. The molecule has 0 aliphatic carbocycles. The van der Waals surface area contributed by atoms with Crippen LogP contribution in [0.1, 0.15) is 37.6 Å². The minimum Gasteiger partial charge on any atom is -0.480 e. The van der Waals surface area contributed by atoms with Crippen LogP contribution in [0.4, 0.5) is 5.69 Å². The standard InChI is InChI=1S/C16H20Br2N2O5/c1-16(2,3)25-13(22)7-20-11(15(23)24)6-12(21)8-4-9(17)14(19)10(18)5-8/h4-5,11,20H,6-7,19H2,1-3H3,(H,23,24)/t11-/m0/s1. The fourth-order valence-electron chi connectivity index (χ4n) is 1.88. The Bertz CT molecular complexity index is 663. The Morgan fingerprint density at radius 1 is 1.24 bits per heavy atom. The third kappa shape index (κ3) is 7.13. The van der Waals surface area contributed by atoms with Gasteiger partial charge in [-0.15, -0.1) is 0 Å². The number of hydrogen-bond donors (Lipinski definition) is 3. The molecular formula is C16H20Br2N2O5. The topological polar surface area (TPSA) is 119 Å². The molecule has 0 aliphatic rings. The molecule has 1 atom stereocenters. The van der Waals surface area contributed by atoms with E-state index in [-0.39, 0.29) is 13.0 Å². The third-order valence-electron chi connectivity index (χ3n) is 3.00. The van der Waals surface area contributed by atoms with Gasteiger partial charge in [-0.1, -0.05) is 0 Å². The number of esters is 1. The van der Waals surface area contributed by atoms with E-state index in [1.165, 1.54) is 12.1 Å². The van der Waals surface area contributed by atoms with Crippen LogP contribution in [0.2, 0.25) is 0 Å².